The highest BCUT2D eigenvalue weighted by atomic mass is 19.4. The molecule has 1 amide bonds. The normalized spacial score (nSPS) is 21.6. The number of rotatable bonds is 8. The van der Waals surface area contributed by atoms with E-state index in [1.807, 2.05) is 16.8 Å². The fourth-order valence-corrected chi connectivity index (χ4v) is 4.59. The summed E-state index contributed by atoms with van der Waals surface area (Å²) < 4.78 is 67.5. The summed E-state index contributed by atoms with van der Waals surface area (Å²) in [5.74, 6) is -0.262. The van der Waals surface area contributed by atoms with Crippen molar-refractivity contribution in [1.29, 1.82) is 0 Å². The SMILES string of the molecule is CN1CCN(C(=O)CC2(COc3ccc(F)cc3)CN(Cc3cccc(OC(F)(F)F)c3)CCO2)CC1. The average Bonchev–Trinajstić information content (AvgIpc) is 2.83. The molecule has 7 nitrogen and oxygen atoms in total. The number of benzene rings is 2. The lowest BCUT2D eigenvalue weighted by Crippen LogP contribution is -2.58. The van der Waals surface area contributed by atoms with Crippen LogP contribution in [-0.4, -0.2) is 92.1 Å². The first kappa shape index (κ1) is 27.2. The average molecular weight is 526 g/mol. The first-order chi connectivity index (χ1) is 17.6. The zero-order chi connectivity index (χ0) is 26.5. The summed E-state index contributed by atoms with van der Waals surface area (Å²) in [6.07, 6.45) is -4.68. The van der Waals surface area contributed by atoms with Gasteiger partial charge in [0.25, 0.3) is 0 Å². The Labute approximate surface area is 213 Å². The van der Waals surface area contributed by atoms with Crippen molar-refractivity contribution in [2.24, 2.45) is 0 Å². The number of nitrogens with zero attached hydrogens (tertiary/aromatic N) is 3. The quantitative estimate of drug-likeness (QED) is 0.492. The highest BCUT2D eigenvalue weighted by Crippen LogP contribution is 2.28. The van der Waals surface area contributed by atoms with Crippen LogP contribution < -0.4 is 9.47 Å². The minimum absolute atomic E-state index is 0.0433. The number of amides is 1. The lowest BCUT2D eigenvalue weighted by molar-refractivity contribution is -0.274. The molecule has 2 saturated heterocycles. The van der Waals surface area contributed by atoms with Gasteiger partial charge in [-0.3, -0.25) is 9.69 Å². The van der Waals surface area contributed by atoms with Crippen LogP contribution >= 0.6 is 0 Å². The summed E-state index contributed by atoms with van der Waals surface area (Å²) in [7, 11) is 2.01. The van der Waals surface area contributed by atoms with Gasteiger partial charge in [0.1, 0.15) is 29.5 Å². The molecule has 0 bridgehead atoms. The molecule has 2 aliphatic rings. The van der Waals surface area contributed by atoms with Gasteiger partial charge in [0.2, 0.25) is 5.91 Å². The topological polar surface area (TPSA) is 54.5 Å². The predicted molar refractivity (Wildman–Crippen MR) is 128 cm³/mol. The van der Waals surface area contributed by atoms with Gasteiger partial charge in [-0.15, -0.1) is 13.2 Å². The summed E-state index contributed by atoms with van der Waals surface area (Å²) >= 11 is 0. The highest BCUT2D eigenvalue weighted by Gasteiger charge is 2.41. The maximum Gasteiger partial charge on any atom is 0.573 e. The van der Waals surface area contributed by atoms with Crippen molar-refractivity contribution in [1.82, 2.24) is 14.7 Å². The first-order valence-electron chi connectivity index (χ1n) is 12.1. The number of ether oxygens (including phenoxy) is 3. The van der Waals surface area contributed by atoms with Crippen LogP contribution in [0, 0.1) is 5.82 Å². The Kier molecular flexibility index (Phi) is 8.56. The van der Waals surface area contributed by atoms with Gasteiger partial charge in [0.05, 0.1) is 13.0 Å². The molecule has 0 N–H and O–H groups in total. The van der Waals surface area contributed by atoms with Crippen LogP contribution in [0.25, 0.3) is 0 Å². The van der Waals surface area contributed by atoms with Crippen molar-refractivity contribution in [2.75, 3.05) is 59.5 Å². The van der Waals surface area contributed by atoms with Crippen molar-refractivity contribution in [3.63, 3.8) is 0 Å². The summed E-state index contributed by atoms with van der Waals surface area (Å²) in [6, 6.07) is 11.5. The molecule has 202 valence electrons. The van der Waals surface area contributed by atoms with Gasteiger partial charge in [0.15, 0.2) is 0 Å². The second-order valence-electron chi connectivity index (χ2n) is 9.54. The van der Waals surface area contributed by atoms with E-state index >= 15 is 0 Å². The third-order valence-corrected chi connectivity index (χ3v) is 6.51. The van der Waals surface area contributed by atoms with Crippen molar-refractivity contribution in [3.8, 4) is 11.5 Å². The molecule has 11 heteroatoms. The van der Waals surface area contributed by atoms with Crippen LogP contribution in [-0.2, 0) is 16.1 Å². The lowest BCUT2D eigenvalue weighted by atomic mass is 9.96. The highest BCUT2D eigenvalue weighted by molar-refractivity contribution is 5.77. The molecule has 4 rings (SSSR count). The second-order valence-corrected chi connectivity index (χ2v) is 9.54. The van der Waals surface area contributed by atoms with E-state index in [0.717, 1.165) is 13.1 Å². The number of alkyl halides is 3. The largest absolute Gasteiger partial charge is 0.573 e. The van der Waals surface area contributed by atoms with E-state index in [-0.39, 0.29) is 30.5 Å². The fourth-order valence-electron chi connectivity index (χ4n) is 4.59. The molecule has 0 saturated carbocycles. The molecule has 2 fully saturated rings. The lowest BCUT2D eigenvalue weighted by Gasteiger charge is -2.43. The van der Waals surface area contributed by atoms with Gasteiger partial charge in [-0.05, 0) is 49.0 Å². The molecule has 1 unspecified atom stereocenters. The number of morpholine rings is 1. The maximum atomic E-state index is 13.3. The molecule has 2 aromatic rings. The van der Waals surface area contributed by atoms with Crippen LogP contribution in [0.5, 0.6) is 11.5 Å². The number of hydrogen-bond donors (Lipinski definition) is 0. The van der Waals surface area contributed by atoms with E-state index in [1.54, 1.807) is 6.07 Å². The zero-order valence-electron chi connectivity index (χ0n) is 20.7. The van der Waals surface area contributed by atoms with E-state index < -0.39 is 12.0 Å². The van der Waals surface area contributed by atoms with Crippen LogP contribution in [0.2, 0.25) is 0 Å². The third-order valence-electron chi connectivity index (χ3n) is 6.51. The molecule has 1 atom stereocenters. The minimum atomic E-state index is -4.77. The van der Waals surface area contributed by atoms with E-state index in [0.29, 0.717) is 50.6 Å². The number of piperazine rings is 1. The van der Waals surface area contributed by atoms with Crippen LogP contribution in [0.4, 0.5) is 17.6 Å². The molecule has 2 aliphatic heterocycles. The molecule has 37 heavy (non-hydrogen) atoms. The maximum absolute atomic E-state index is 13.3. The summed E-state index contributed by atoms with van der Waals surface area (Å²) in [5, 5.41) is 0. The number of carbonyl (C=O) groups excluding carboxylic acids is 1. The first-order valence-corrected chi connectivity index (χ1v) is 12.1. The molecule has 0 aromatic heterocycles. The Morgan fingerprint density at radius 3 is 2.46 bits per heavy atom. The van der Waals surface area contributed by atoms with E-state index in [9.17, 15) is 22.4 Å². The molecular weight excluding hydrogens is 494 g/mol. The van der Waals surface area contributed by atoms with Gasteiger partial charge >= 0.3 is 6.36 Å². The smallest absolute Gasteiger partial charge is 0.491 e. The number of hydrogen-bond acceptors (Lipinski definition) is 6. The molecular formula is C26H31F4N3O4. The zero-order valence-corrected chi connectivity index (χ0v) is 20.7. The second kappa shape index (κ2) is 11.7. The monoisotopic (exact) mass is 525 g/mol. The van der Waals surface area contributed by atoms with Gasteiger partial charge < -0.3 is 24.0 Å². The Hall–Kier alpha value is -2.89. The van der Waals surface area contributed by atoms with Gasteiger partial charge in [-0.25, -0.2) is 4.39 Å². The van der Waals surface area contributed by atoms with Gasteiger partial charge in [-0.2, -0.15) is 0 Å². The van der Waals surface area contributed by atoms with Crippen LogP contribution in [0.3, 0.4) is 0 Å². The Balaban J connectivity index is 1.47. The van der Waals surface area contributed by atoms with E-state index in [1.165, 1.54) is 42.5 Å². The van der Waals surface area contributed by atoms with Gasteiger partial charge in [0, 0.05) is 45.8 Å². The Morgan fingerprint density at radius 2 is 1.76 bits per heavy atom. The van der Waals surface area contributed by atoms with Crippen LogP contribution in [0.1, 0.15) is 12.0 Å². The molecule has 0 radical (unpaired) electrons. The van der Waals surface area contributed by atoms with Crippen molar-refractivity contribution in [2.45, 2.75) is 24.9 Å². The van der Waals surface area contributed by atoms with Crippen molar-refractivity contribution in [3.05, 3.63) is 59.9 Å². The summed E-state index contributed by atoms with van der Waals surface area (Å²) in [5.41, 5.74) is -0.338. The predicted octanol–water partition coefficient (Wildman–Crippen LogP) is 3.54. The van der Waals surface area contributed by atoms with Gasteiger partial charge in [-0.1, -0.05) is 12.1 Å². The van der Waals surface area contributed by atoms with E-state index in [4.69, 9.17) is 9.47 Å². The molecule has 2 aromatic carbocycles. The van der Waals surface area contributed by atoms with Crippen molar-refractivity contribution >= 4 is 5.91 Å². The summed E-state index contributed by atoms with van der Waals surface area (Å²) in [6.45, 7) is 4.42. The van der Waals surface area contributed by atoms with Crippen molar-refractivity contribution < 1.29 is 36.6 Å². The third kappa shape index (κ3) is 8.05. The Bertz CT molecular complexity index is 1040. The number of carbonyl (C=O) groups is 1. The molecule has 0 spiro atoms. The number of likely N-dealkylation sites (N-methyl/N-ethyl adjacent to an activating group) is 1. The fraction of sp³-hybridized carbons (Fsp3) is 0.500. The summed E-state index contributed by atoms with van der Waals surface area (Å²) in [4.78, 5) is 19.3. The minimum Gasteiger partial charge on any atom is -0.491 e. The standard InChI is InChI=1S/C26H31F4N3O4/c1-31-9-11-33(12-10-31)24(34)16-25(19-35-22-7-5-21(27)6-8-22)18-32(13-14-36-25)17-20-3-2-4-23(15-20)37-26(28,29)30/h2-8,15H,9-14,16-19H2,1H3. The number of halogens is 4. The molecule has 2 heterocycles. The Morgan fingerprint density at radius 1 is 1.03 bits per heavy atom. The van der Waals surface area contributed by atoms with E-state index in [2.05, 4.69) is 9.64 Å². The molecule has 0 aliphatic carbocycles. The van der Waals surface area contributed by atoms with Crippen LogP contribution in [0.15, 0.2) is 48.5 Å².